The number of hydrogen-bond acceptors (Lipinski definition) is 5. The Bertz CT molecular complexity index is 682. The number of carboxylic acid groups (broad SMARTS) is 1. The zero-order chi connectivity index (χ0) is 17.4. The zero-order valence-electron chi connectivity index (χ0n) is 12.3. The lowest BCUT2D eigenvalue weighted by Gasteiger charge is -2.35. The maximum absolute atomic E-state index is 13.5. The molecule has 0 saturated carbocycles. The molecule has 1 aromatic carbocycles. The molecule has 1 saturated heterocycles. The molecule has 1 aliphatic heterocycles. The maximum atomic E-state index is 13.5. The number of piperidine rings is 1. The number of nitro groups is 1. The molecule has 1 fully saturated rings. The van der Waals surface area contributed by atoms with Gasteiger partial charge in [-0.05, 0) is 19.1 Å². The molecule has 0 aromatic heterocycles. The van der Waals surface area contributed by atoms with Crippen molar-refractivity contribution < 1.29 is 29.1 Å². The lowest BCUT2D eigenvalue weighted by Crippen LogP contribution is -2.50. The summed E-state index contributed by atoms with van der Waals surface area (Å²) < 4.78 is 13.5. The molecule has 0 spiro atoms. The highest BCUT2D eigenvalue weighted by molar-refractivity contribution is 5.99. The summed E-state index contributed by atoms with van der Waals surface area (Å²) in [5, 5.41) is 29.9. The van der Waals surface area contributed by atoms with Gasteiger partial charge in [0.2, 0.25) is 0 Å². The van der Waals surface area contributed by atoms with Crippen LogP contribution in [0.2, 0.25) is 0 Å². The number of nitro benzene ring substituents is 1. The van der Waals surface area contributed by atoms with Gasteiger partial charge in [0.15, 0.2) is 5.60 Å². The number of carbonyl (C=O) groups is 2. The van der Waals surface area contributed by atoms with Crippen LogP contribution in [0.5, 0.6) is 0 Å². The fraction of sp³-hybridized carbons (Fsp3) is 0.429. The highest BCUT2D eigenvalue weighted by Gasteiger charge is 2.41. The van der Waals surface area contributed by atoms with Crippen molar-refractivity contribution in [3.63, 3.8) is 0 Å². The first-order valence-corrected chi connectivity index (χ1v) is 6.85. The normalized spacial score (nSPS) is 16.9. The van der Waals surface area contributed by atoms with Gasteiger partial charge >= 0.3 is 5.97 Å². The van der Waals surface area contributed by atoms with Crippen LogP contribution >= 0.6 is 0 Å². The molecule has 1 heterocycles. The van der Waals surface area contributed by atoms with Gasteiger partial charge in [-0.1, -0.05) is 0 Å². The minimum absolute atomic E-state index is 0.0254. The van der Waals surface area contributed by atoms with E-state index in [1.165, 1.54) is 11.8 Å². The number of halogens is 1. The van der Waals surface area contributed by atoms with Crippen LogP contribution in [0.4, 0.5) is 10.1 Å². The van der Waals surface area contributed by atoms with Gasteiger partial charge in [-0.2, -0.15) is 0 Å². The second-order valence-electron chi connectivity index (χ2n) is 5.50. The predicted octanol–water partition coefficient (Wildman–Crippen LogP) is 1.09. The van der Waals surface area contributed by atoms with Crippen molar-refractivity contribution in [1.82, 2.24) is 4.90 Å². The number of aliphatic carboxylic acids is 1. The third-order valence-electron chi connectivity index (χ3n) is 3.95. The lowest BCUT2D eigenvalue weighted by atomic mass is 9.91. The average Bonchev–Trinajstić information content (AvgIpc) is 2.45. The molecule has 8 nitrogen and oxygen atoms in total. The first kappa shape index (κ1) is 16.8. The van der Waals surface area contributed by atoms with Crippen molar-refractivity contribution in [1.29, 1.82) is 0 Å². The molecule has 1 aliphatic rings. The maximum Gasteiger partial charge on any atom is 0.335 e. The largest absolute Gasteiger partial charge is 0.479 e. The molecule has 2 N–H and O–H groups in total. The van der Waals surface area contributed by atoms with Crippen LogP contribution in [0.15, 0.2) is 12.1 Å². The Kier molecular flexibility index (Phi) is 4.33. The third kappa shape index (κ3) is 3.14. The molecular weight excluding hydrogens is 311 g/mol. The lowest BCUT2D eigenvalue weighted by molar-refractivity contribution is -0.385. The van der Waals surface area contributed by atoms with Crippen molar-refractivity contribution in [2.24, 2.45) is 0 Å². The molecule has 0 bridgehead atoms. The van der Waals surface area contributed by atoms with Crippen LogP contribution in [0.25, 0.3) is 0 Å². The smallest absolute Gasteiger partial charge is 0.335 e. The van der Waals surface area contributed by atoms with E-state index in [1.807, 2.05) is 0 Å². The quantitative estimate of drug-likeness (QED) is 0.633. The van der Waals surface area contributed by atoms with Crippen molar-refractivity contribution in [2.45, 2.75) is 25.4 Å². The Morgan fingerprint density at radius 1 is 1.35 bits per heavy atom. The minimum Gasteiger partial charge on any atom is -0.479 e. The van der Waals surface area contributed by atoms with Gasteiger partial charge in [0.1, 0.15) is 11.4 Å². The zero-order valence-corrected chi connectivity index (χ0v) is 12.3. The molecule has 0 atom stereocenters. The summed E-state index contributed by atoms with van der Waals surface area (Å²) in [7, 11) is 0. The second kappa shape index (κ2) is 5.92. The van der Waals surface area contributed by atoms with Crippen molar-refractivity contribution in [3.05, 3.63) is 39.2 Å². The summed E-state index contributed by atoms with van der Waals surface area (Å²) in [4.78, 5) is 35.0. The van der Waals surface area contributed by atoms with Gasteiger partial charge in [0, 0.05) is 31.5 Å². The highest BCUT2D eigenvalue weighted by atomic mass is 19.1. The summed E-state index contributed by atoms with van der Waals surface area (Å²) in [5.41, 5.74) is -2.75. The Morgan fingerprint density at radius 3 is 2.39 bits per heavy atom. The molecule has 0 unspecified atom stereocenters. The molecule has 0 aliphatic carbocycles. The number of amides is 1. The fourth-order valence-corrected chi connectivity index (χ4v) is 2.60. The molecule has 1 aromatic rings. The standard InChI is InChI=1S/C14H15FN2O6/c1-8-6-9(15)7-10(11(8)17(22)23)12(18)16-4-2-14(21,3-5-16)13(19)20/h6-7,21H,2-5H2,1H3,(H,19,20). The summed E-state index contributed by atoms with van der Waals surface area (Å²) in [6, 6.07) is 1.76. The van der Waals surface area contributed by atoms with Crippen molar-refractivity contribution in [2.75, 3.05) is 13.1 Å². The van der Waals surface area contributed by atoms with E-state index in [0.717, 1.165) is 12.1 Å². The van der Waals surface area contributed by atoms with E-state index in [1.54, 1.807) is 0 Å². The Labute approximate surface area is 130 Å². The first-order valence-electron chi connectivity index (χ1n) is 6.85. The molecule has 2 rings (SSSR count). The van der Waals surface area contributed by atoms with Crippen molar-refractivity contribution >= 4 is 17.6 Å². The topological polar surface area (TPSA) is 121 Å². The Balaban J connectivity index is 2.29. The van der Waals surface area contributed by atoms with Crippen LogP contribution in [-0.2, 0) is 4.79 Å². The number of likely N-dealkylation sites (tertiary alicyclic amines) is 1. The molecule has 0 radical (unpaired) electrons. The van der Waals surface area contributed by atoms with E-state index < -0.39 is 33.9 Å². The van der Waals surface area contributed by atoms with Gasteiger partial charge in [-0.25, -0.2) is 9.18 Å². The van der Waals surface area contributed by atoms with Gasteiger partial charge < -0.3 is 15.1 Å². The molecule has 1 amide bonds. The number of benzene rings is 1. The minimum atomic E-state index is -1.92. The number of aryl methyl sites for hydroxylation is 1. The van der Waals surface area contributed by atoms with Gasteiger partial charge in [0.25, 0.3) is 11.6 Å². The van der Waals surface area contributed by atoms with Crippen LogP contribution in [-0.4, -0.2) is 50.6 Å². The van der Waals surface area contributed by atoms with Gasteiger partial charge in [-0.15, -0.1) is 0 Å². The van der Waals surface area contributed by atoms with E-state index in [4.69, 9.17) is 5.11 Å². The summed E-state index contributed by atoms with van der Waals surface area (Å²) >= 11 is 0. The third-order valence-corrected chi connectivity index (χ3v) is 3.95. The van der Waals surface area contributed by atoms with Crippen LogP contribution in [0, 0.1) is 22.9 Å². The summed E-state index contributed by atoms with van der Waals surface area (Å²) in [5.74, 6) is -2.90. The number of carboxylic acids is 1. The van der Waals surface area contributed by atoms with E-state index >= 15 is 0 Å². The molecular formula is C14H15FN2O6. The fourth-order valence-electron chi connectivity index (χ4n) is 2.60. The number of rotatable bonds is 3. The number of carbonyl (C=O) groups excluding carboxylic acids is 1. The number of nitrogens with zero attached hydrogens (tertiary/aromatic N) is 2. The SMILES string of the molecule is Cc1cc(F)cc(C(=O)N2CCC(O)(C(=O)O)CC2)c1[N+](=O)[O-]. The highest BCUT2D eigenvalue weighted by Crippen LogP contribution is 2.29. The van der Waals surface area contributed by atoms with Crippen LogP contribution < -0.4 is 0 Å². The van der Waals surface area contributed by atoms with Crippen LogP contribution in [0.3, 0.4) is 0 Å². The predicted molar refractivity (Wildman–Crippen MR) is 75.5 cm³/mol. The van der Waals surface area contributed by atoms with E-state index in [-0.39, 0.29) is 37.1 Å². The van der Waals surface area contributed by atoms with E-state index in [2.05, 4.69) is 0 Å². The Hall–Kier alpha value is -2.55. The summed E-state index contributed by atoms with van der Waals surface area (Å²) in [6.07, 6.45) is -0.396. The van der Waals surface area contributed by atoms with E-state index in [0.29, 0.717) is 0 Å². The second-order valence-corrected chi connectivity index (χ2v) is 5.50. The van der Waals surface area contributed by atoms with Gasteiger partial charge in [0.05, 0.1) is 4.92 Å². The Morgan fingerprint density at radius 2 is 1.91 bits per heavy atom. The average molecular weight is 326 g/mol. The number of aliphatic hydroxyl groups is 1. The van der Waals surface area contributed by atoms with Gasteiger partial charge in [-0.3, -0.25) is 14.9 Å². The summed E-state index contributed by atoms with van der Waals surface area (Å²) in [6.45, 7) is 1.15. The van der Waals surface area contributed by atoms with Crippen molar-refractivity contribution in [3.8, 4) is 0 Å². The molecule has 124 valence electrons. The van der Waals surface area contributed by atoms with Crippen LogP contribution in [0.1, 0.15) is 28.8 Å². The van der Waals surface area contributed by atoms with E-state index in [9.17, 15) is 29.2 Å². The molecule has 9 heteroatoms. The molecule has 23 heavy (non-hydrogen) atoms. The first-order chi connectivity index (χ1) is 10.7. The monoisotopic (exact) mass is 326 g/mol. The number of hydrogen-bond donors (Lipinski definition) is 2.